The molecule has 0 saturated heterocycles. The first-order chi connectivity index (χ1) is 12.4. The monoisotopic (exact) mass is 561 g/mol. The fourth-order valence-corrected chi connectivity index (χ4v) is 44.3. The van der Waals surface area contributed by atoms with E-state index in [2.05, 4.69) is 102 Å². The van der Waals surface area contributed by atoms with Crippen molar-refractivity contribution in [2.75, 3.05) is 0 Å². The van der Waals surface area contributed by atoms with Gasteiger partial charge in [-0.15, -0.1) is 0 Å². The summed E-state index contributed by atoms with van der Waals surface area (Å²) in [4.78, 5) is 0. The van der Waals surface area contributed by atoms with Gasteiger partial charge in [0.1, 0.15) is 0 Å². The van der Waals surface area contributed by atoms with Crippen LogP contribution in [0.15, 0.2) is 42.5 Å². The Morgan fingerprint density at radius 1 is 0.862 bits per heavy atom. The minimum atomic E-state index is -5.54. The Balaban J connectivity index is 2.17. The van der Waals surface area contributed by atoms with Gasteiger partial charge in [-0.25, -0.2) is 0 Å². The van der Waals surface area contributed by atoms with Crippen molar-refractivity contribution in [3.63, 3.8) is 0 Å². The average Bonchev–Trinajstić information content (AvgIpc) is 3.18. The van der Waals surface area contributed by atoms with E-state index in [9.17, 15) is 0 Å². The second-order valence-corrected chi connectivity index (χ2v) is 131. The maximum atomic E-state index is 2.73. The zero-order valence-electron chi connectivity index (χ0n) is 20.8. The summed E-state index contributed by atoms with van der Waals surface area (Å²) in [5.41, 5.74) is 6.60. The van der Waals surface area contributed by atoms with Crippen molar-refractivity contribution in [1.29, 1.82) is 0 Å². The van der Waals surface area contributed by atoms with Crippen molar-refractivity contribution < 1.29 is 12.6 Å². The van der Waals surface area contributed by atoms with E-state index < -0.39 is 12.6 Å². The Hall–Kier alpha value is -0.690. The molecule has 0 heterocycles. The van der Waals surface area contributed by atoms with Gasteiger partial charge in [0, 0.05) is 0 Å². The SMILES string of the molecule is CC[C]1([Hf]([CH3])([CH3])([CH3])([CH3])([CH3])([CH3])([CH3])[CH]2C=CC=C2)C=Cc2cc3c(cc21)CC(C)(C)C3. The van der Waals surface area contributed by atoms with E-state index in [0.29, 0.717) is 9.09 Å². The van der Waals surface area contributed by atoms with Gasteiger partial charge >= 0.3 is 169 Å². The molecular weight excluding hydrogens is 515 g/mol. The Labute approximate surface area is 167 Å². The zero-order chi connectivity index (χ0) is 22.0. The van der Waals surface area contributed by atoms with Crippen LogP contribution in [0.4, 0.5) is 0 Å². The van der Waals surface area contributed by atoms with Crippen LogP contribution in [0.3, 0.4) is 0 Å². The van der Waals surface area contributed by atoms with Gasteiger partial charge in [0.05, 0.1) is 0 Å². The first-order valence-electron chi connectivity index (χ1n) is 12.0. The third-order valence-electron chi connectivity index (χ3n) is 10.9. The first kappa shape index (κ1) is 21.5. The van der Waals surface area contributed by atoms with Crippen LogP contribution in [0.5, 0.6) is 0 Å². The normalized spacial score (nSPS) is 32.4. The molecule has 1 aromatic carbocycles. The molecule has 0 saturated carbocycles. The molecule has 0 radical (unpaired) electrons. The molecule has 1 unspecified atom stereocenters. The summed E-state index contributed by atoms with van der Waals surface area (Å²) in [5, 5.41) is 0. The van der Waals surface area contributed by atoms with Crippen molar-refractivity contribution >= 4 is 6.08 Å². The zero-order valence-corrected chi connectivity index (χ0v) is 24.4. The predicted molar refractivity (Wildman–Crippen MR) is 132 cm³/mol. The molecule has 0 fully saturated rings. The third-order valence-corrected chi connectivity index (χ3v) is 57.4. The van der Waals surface area contributed by atoms with Gasteiger partial charge < -0.3 is 0 Å². The second kappa shape index (κ2) is 3.52. The molecule has 0 spiro atoms. The molecule has 161 valence electrons. The van der Waals surface area contributed by atoms with Gasteiger partial charge in [0.15, 0.2) is 0 Å². The molecule has 0 bridgehead atoms. The van der Waals surface area contributed by atoms with Gasteiger partial charge in [-0.05, 0) is 0 Å². The van der Waals surface area contributed by atoms with Gasteiger partial charge in [0.25, 0.3) is 0 Å². The molecule has 3 aliphatic rings. The summed E-state index contributed by atoms with van der Waals surface area (Å²) in [5.74, 6) is 0. The van der Waals surface area contributed by atoms with Crippen LogP contribution in [-0.4, -0.2) is 0 Å². The first-order valence-corrected chi connectivity index (χ1v) is 41.0. The van der Waals surface area contributed by atoms with Crippen LogP contribution >= 0.6 is 0 Å². The van der Waals surface area contributed by atoms with Crippen LogP contribution in [0.2, 0.25) is 36.4 Å². The molecule has 1 aromatic rings. The van der Waals surface area contributed by atoms with Gasteiger partial charge in [-0.3, -0.25) is 0 Å². The second-order valence-electron chi connectivity index (χ2n) is 22.1. The van der Waals surface area contributed by atoms with Crippen LogP contribution in [0, 0.1) is 5.41 Å². The molecule has 0 amide bonds. The minimum absolute atomic E-state index is 0.0116. The Bertz CT molecular complexity index is 1100. The number of hydrogen-bond donors (Lipinski definition) is 0. The van der Waals surface area contributed by atoms with Crippen LogP contribution in [0.1, 0.15) is 49.4 Å². The molecule has 3 aliphatic carbocycles. The van der Waals surface area contributed by atoms with Crippen LogP contribution < -0.4 is 0 Å². The Morgan fingerprint density at radius 3 is 1.90 bits per heavy atom. The van der Waals surface area contributed by atoms with Crippen molar-refractivity contribution in [3.8, 4) is 0 Å². The number of benzene rings is 1. The summed E-state index contributed by atoms with van der Waals surface area (Å²) < 4.78 is 19.5. The summed E-state index contributed by atoms with van der Waals surface area (Å²) >= 11 is -5.54. The summed E-state index contributed by atoms with van der Waals surface area (Å²) in [6, 6.07) is 5.16. The molecule has 0 nitrogen and oxygen atoms in total. The van der Waals surface area contributed by atoms with E-state index in [1.165, 1.54) is 18.4 Å². The van der Waals surface area contributed by atoms with Crippen molar-refractivity contribution in [3.05, 3.63) is 64.8 Å². The predicted octanol–water partition coefficient (Wildman–Crippen LogP) is 9.53. The van der Waals surface area contributed by atoms with E-state index in [1.807, 2.05) is 0 Å². The third kappa shape index (κ3) is 2.30. The van der Waals surface area contributed by atoms with E-state index in [4.69, 9.17) is 0 Å². The maximum absolute atomic E-state index is 5.54. The molecule has 4 rings (SSSR count). The molecule has 0 N–H and O–H groups in total. The average molecular weight is 560 g/mol. The molecule has 29 heavy (non-hydrogen) atoms. The standard InChI is InChI=1S/C16H19.C5H5.7CH3.Hf/c1-4-11-5-6-12-7-13-9-16(2,3)10-14(13)8-15(11)12;1-2-4-5-3-1;;;;;;;;/h5-8H,4,9-10H2,1-3H3;1-5H;7*1H3;. The number of fused-ring (bicyclic) bond motifs is 2. The molecule has 0 aliphatic heterocycles. The summed E-state index contributed by atoms with van der Waals surface area (Å²) in [6.07, 6.45) is 18.2. The van der Waals surface area contributed by atoms with E-state index >= 15 is 0 Å². The van der Waals surface area contributed by atoms with E-state index in [1.54, 1.807) is 16.7 Å². The van der Waals surface area contributed by atoms with Crippen LogP contribution in [-0.2, 0) is 28.6 Å². The fraction of sp³-hybridized carbons (Fsp3) is 0.571. The molecule has 0 aromatic heterocycles. The molecular formula is C28H45Hf. The van der Waals surface area contributed by atoms with Crippen molar-refractivity contribution in [1.82, 2.24) is 0 Å². The van der Waals surface area contributed by atoms with Gasteiger partial charge in [-0.1, -0.05) is 0 Å². The molecule has 1 atom stereocenters. The van der Waals surface area contributed by atoms with Gasteiger partial charge in [-0.2, -0.15) is 0 Å². The van der Waals surface area contributed by atoms with Crippen LogP contribution in [0.25, 0.3) is 6.08 Å². The van der Waals surface area contributed by atoms with Crippen molar-refractivity contribution in [2.24, 2.45) is 5.41 Å². The number of rotatable bonds is 3. The summed E-state index contributed by atoms with van der Waals surface area (Å²) in [6.45, 7) is 7.27. The number of hydrogen-bond acceptors (Lipinski definition) is 0. The quantitative estimate of drug-likeness (QED) is 0.323. The number of allylic oxidation sites excluding steroid dienone is 5. The van der Waals surface area contributed by atoms with E-state index in [0.717, 1.165) is 6.42 Å². The van der Waals surface area contributed by atoms with Gasteiger partial charge in [0.2, 0.25) is 0 Å². The Morgan fingerprint density at radius 2 is 1.38 bits per heavy atom. The topological polar surface area (TPSA) is 0 Å². The fourth-order valence-electron chi connectivity index (χ4n) is 8.45. The van der Waals surface area contributed by atoms with Crippen molar-refractivity contribution in [2.45, 2.75) is 79.6 Å². The van der Waals surface area contributed by atoms with E-state index in [-0.39, 0.29) is 3.17 Å². The summed E-state index contributed by atoms with van der Waals surface area (Å²) in [7, 11) is 0. The Kier molecular flexibility index (Phi) is 2.61. The molecule has 1 heteroatoms.